The van der Waals surface area contributed by atoms with Crippen molar-refractivity contribution in [2.45, 2.75) is 20.3 Å². The van der Waals surface area contributed by atoms with E-state index in [1.807, 2.05) is 62.4 Å². The van der Waals surface area contributed by atoms with Gasteiger partial charge in [0.05, 0.1) is 6.61 Å². The predicted octanol–water partition coefficient (Wildman–Crippen LogP) is 3.79. The summed E-state index contributed by atoms with van der Waals surface area (Å²) in [6.45, 7) is 4.45. The van der Waals surface area contributed by atoms with Crippen LogP contribution in [0.4, 0.5) is 5.13 Å². The van der Waals surface area contributed by atoms with Crippen LogP contribution in [0.15, 0.2) is 48.5 Å². The average molecular weight is 383 g/mol. The molecule has 1 amide bonds. The molecule has 0 radical (unpaired) electrons. The average Bonchev–Trinajstić information content (AvgIpc) is 3.08. The summed E-state index contributed by atoms with van der Waals surface area (Å²) in [5.74, 6) is 1.22. The first-order valence-electron chi connectivity index (χ1n) is 8.60. The molecule has 7 heteroatoms. The van der Waals surface area contributed by atoms with Gasteiger partial charge in [-0.3, -0.25) is 10.1 Å². The van der Waals surface area contributed by atoms with Crippen LogP contribution in [-0.2, 0) is 11.2 Å². The molecule has 0 aliphatic carbocycles. The monoisotopic (exact) mass is 383 g/mol. The van der Waals surface area contributed by atoms with Gasteiger partial charge in [-0.15, -0.1) is 10.2 Å². The molecule has 0 atom stereocenters. The highest BCUT2D eigenvalue weighted by Crippen LogP contribution is 2.17. The molecule has 2 aromatic carbocycles. The lowest BCUT2D eigenvalue weighted by Gasteiger charge is -2.05. The lowest BCUT2D eigenvalue weighted by molar-refractivity contribution is -0.118. The van der Waals surface area contributed by atoms with Gasteiger partial charge < -0.3 is 9.47 Å². The minimum absolute atomic E-state index is 0.0750. The van der Waals surface area contributed by atoms with Crippen LogP contribution < -0.4 is 14.8 Å². The molecule has 0 bridgehead atoms. The third kappa shape index (κ3) is 6.07. The fourth-order valence-corrected chi connectivity index (χ4v) is 3.04. The van der Waals surface area contributed by atoms with Crippen molar-refractivity contribution in [2.75, 3.05) is 18.5 Å². The molecule has 0 spiro atoms. The third-order valence-electron chi connectivity index (χ3n) is 3.68. The number of nitrogens with one attached hydrogen (secondary N) is 1. The van der Waals surface area contributed by atoms with Crippen molar-refractivity contribution in [1.82, 2.24) is 10.2 Å². The van der Waals surface area contributed by atoms with E-state index in [4.69, 9.17) is 9.47 Å². The first-order valence-corrected chi connectivity index (χ1v) is 9.41. The van der Waals surface area contributed by atoms with Crippen molar-refractivity contribution < 1.29 is 14.3 Å². The summed E-state index contributed by atoms with van der Waals surface area (Å²) >= 11 is 1.33. The number of carbonyl (C=O) groups is 1. The first kappa shape index (κ1) is 18.8. The van der Waals surface area contributed by atoms with Gasteiger partial charge in [0.15, 0.2) is 6.61 Å². The predicted molar refractivity (Wildman–Crippen MR) is 106 cm³/mol. The third-order valence-corrected chi connectivity index (χ3v) is 4.58. The fourth-order valence-electron chi connectivity index (χ4n) is 2.31. The zero-order chi connectivity index (χ0) is 19.1. The molecule has 3 rings (SSSR count). The Labute approximate surface area is 162 Å². The summed E-state index contributed by atoms with van der Waals surface area (Å²) in [6.07, 6.45) is 0.626. The van der Waals surface area contributed by atoms with E-state index in [0.29, 0.717) is 23.9 Å². The topological polar surface area (TPSA) is 73.3 Å². The molecule has 1 N–H and O–H groups in total. The highest BCUT2D eigenvalue weighted by molar-refractivity contribution is 7.15. The number of carbonyl (C=O) groups excluding carboxylic acids is 1. The summed E-state index contributed by atoms with van der Waals surface area (Å²) in [5.41, 5.74) is 2.29. The maximum Gasteiger partial charge on any atom is 0.264 e. The van der Waals surface area contributed by atoms with Crippen LogP contribution in [0.1, 0.15) is 16.1 Å². The molecule has 0 saturated heterocycles. The van der Waals surface area contributed by atoms with Crippen LogP contribution in [0, 0.1) is 13.8 Å². The number of ether oxygens (including phenoxy) is 2. The SMILES string of the molecule is Cc1ccc(OCC(=O)Nc2nnc(CCOc3cccc(C)c3)s2)cc1. The number of hydrogen-bond acceptors (Lipinski definition) is 6. The van der Waals surface area contributed by atoms with Crippen molar-refractivity contribution in [2.24, 2.45) is 0 Å². The number of amides is 1. The first-order chi connectivity index (χ1) is 13.1. The van der Waals surface area contributed by atoms with Crippen LogP contribution in [0.2, 0.25) is 0 Å². The molecule has 0 aliphatic rings. The van der Waals surface area contributed by atoms with Crippen LogP contribution in [0.3, 0.4) is 0 Å². The zero-order valence-electron chi connectivity index (χ0n) is 15.3. The van der Waals surface area contributed by atoms with E-state index in [-0.39, 0.29) is 12.5 Å². The van der Waals surface area contributed by atoms with Crippen molar-refractivity contribution in [3.63, 3.8) is 0 Å². The van der Waals surface area contributed by atoms with Gasteiger partial charge in [-0.05, 0) is 43.7 Å². The Hall–Kier alpha value is -2.93. The smallest absolute Gasteiger partial charge is 0.264 e. The second-order valence-corrected chi connectivity index (χ2v) is 7.13. The lowest BCUT2D eigenvalue weighted by Crippen LogP contribution is -2.20. The number of aryl methyl sites for hydroxylation is 2. The summed E-state index contributed by atoms with van der Waals surface area (Å²) in [5, 5.41) is 12.0. The van der Waals surface area contributed by atoms with Crippen LogP contribution in [0.5, 0.6) is 11.5 Å². The van der Waals surface area contributed by atoms with Crippen LogP contribution in [-0.4, -0.2) is 29.3 Å². The van der Waals surface area contributed by atoms with E-state index in [9.17, 15) is 4.79 Å². The number of aromatic nitrogens is 2. The Kier molecular flexibility index (Phi) is 6.38. The molecular weight excluding hydrogens is 362 g/mol. The maximum atomic E-state index is 12.0. The summed E-state index contributed by atoms with van der Waals surface area (Å²) in [6, 6.07) is 15.4. The Bertz CT molecular complexity index is 893. The standard InChI is InChI=1S/C20H21N3O3S/c1-14-6-8-16(9-7-14)26-13-18(24)21-20-23-22-19(27-20)10-11-25-17-5-3-4-15(2)12-17/h3-9,12H,10-11,13H2,1-2H3,(H,21,23,24). The number of nitrogens with zero attached hydrogens (tertiary/aromatic N) is 2. The number of hydrogen-bond donors (Lipinski definition) is 1. The molecule has 3 aromatic rings. The number of rotatable bonds is 8. The van der Waals surface area contributed by atoms with Gasteiger partial charge in [0.25, 0.3) is 5.91 Å². The van der Waals surface area contributed by atoms with Gasteiger partial charge in [0.2, 0.25) is 5.13 Å². The lowest BCUT2D eigenvalue weighted by atomic mass is 10.2. The van der Waals surface area contributed by atoms with Crippen LogP contribution >= 0.6 is 11.3 Å². The molecule has 1 heterocycles. The van der Waals surface area contributed by atoms with Crippen molar-refractivity contribution in [3.8, 4) is 11.5 Å². The molecule has 0 fully saturated rings. The molecule has 0 unspecified atom stereocenters. The summed E-state index contributed by atoms with van der Waals surface area (Å²) in [4.78, 5) is 12.0. The second kappa shape index (κ2) is 9.14. The molecule has 0 aliphatic heterocycles. The van der Waals surface area contributed by atoms with Gasteiger partial charge in [0.1, 0.15) is 16.5 Å². The molecule has 27 heavy (non-hydrogen) atoms. The highest BCUT2D eigenvalue weighted by atomic mass is 32.1. The highest BCUT2D eigenvalue weighted by Gasteiger charge is 2.09. The van der Waals surface area contributed by atoms with E-state index >= 15 is 0 Å². The summed E-state index contributed by atoms with van der Waals surface area (Å²) in [7, 11) is 0. The maximum absolute atomic E-state index is 12.0. The zero-order valence-corrected chi connectivity index (χ0v) is 16.1. The quantitative estimate of drug-likeness (QED) is 0.641. The Morgan fingerprint density at radius 1 is 1.00 bits per heavy atom. The molecule has 0 saturated carbocycles. The Morgan fingerprint density at radius 2 is 1.81 bits per heavy atom. The normalized spacial score (nSPS) is 10.4. The number of benzene rings is 2. The second-order valence-electron chi connectivity index (χ2n) is 6.07. The summed E-state index contributed by atoms with van der Waals surface area (Å²) < 4.78 is 11.2. The largest absolute Gasteiger partial charge is 0.493 e. The molecular formula is C20H21N3O3S. The molecule has 140 valence electrons. The van der Waals surface area contributed by atoms with E-state index < -0.39 is 0 Å². The van der Waals surface area contributed by atoms with E-state index in [1.165, 1.54) is 11.3 Å². The van der Waals surface area contributed by atoms with Crippen molar-refractivity contribution in [3.05, 3.63) is 64.7 Å². The van der Waals surface area contributed by atoms with Crippen molar-refractivity contribution in [1.29, 1.82) is 0 Å². The van der Waals surface area contributed by atoms with Gasteiger partial charge in [0, 0.05) is 6.42 Å². The van der Waals surface area contributed by atoms with Gasteiger partial charge in [-0.25, -0.2) is 0 Å². The van der Waals surface area contributed by atoms with Gasteiger partial charge >= 0.3 is 0 Å². The van der Waals surface area contributed by atoms with Gasteiger partial charge in [-0.2, -0.15) is 0 Å². The molecule has 6 nitrogen and oxygen atoms in total. The Morgan fingerprint density at radius 3 is 2.59 bits per heavy atom. The van der Waals surface area contributed by atoms with Crippen LogP contribution in [0.25, 0.3) is 0 Å². The van der Waals surface area contributed by atoms with Crippen molar-refractivity contribution >= 4 is 22.4 Å². The Balaban J connectivity index is 1.41. The fraction of sp³-hybridized carbons (Fsp3) is 0.250. The molecule has 1 aromatic heterocycles. The number of anilines is 1. The minimum atomic E-state index is -0.269. The van der Waals surface area contributed by atoms with E-state index in [0.717, 1.165) is 21.9 Å². The van der Waals surface area contributed by atoms with E-state index in [1.54, 1.807) is 0 Å². The van der Waals surface area contributed by atoms with E-state index in [2.05, 4.69) is 15.5 Å². The minimum Gasteiger partial charge on any atom is -0.493 e. The van der Waals surface area contributed by atoms with Gasteiger partial charge in [-0.1, -0.05) is 41.2 Å².